The lowest BCUT2D eigenvalue weighted by Gasteiger charge is -2.27. The third kappa shape index (κ3) is 3.90. The number of carbonyl (C=O) groups excluding carboxylic acids is 1. The number of nitrogens with one attached hydrogen (secondary N) is 1. The summed E-state index contributed by atoms with van der Waals surface area (Å²) >= 11 is 1.69. The number of likely N-dealkylation sites (tertiary alicyclic amines) is 1. The van der Waals surface area contributed by atoms with Crippen LogP contribution in [0, 0.1) is 5.92 Å². The van der Waals surface area contributed by atoms with Crippen molar-refractivity contribution in [3.05, 3.63) is 41.3 Å². The van der Waals surface area contributed by atoms with E-state index in [1.807, 2.05) is 18.3 Å². The molecule has 0 aromatic carbocycles. The summed E-state index contributed by atoms with van der Waals surface area (Å²) in [6.07, 6.45) is 8.77. The zero-order valence-electron chi connectivity index (χ0n) is 20.2. The maximum atomic E-state index is 13.3. The molecule has 0 bridgehead atoms. The number of rotatable bonds is 5. The largest absolute Gasteiger partial charge is 0.493 e. The number of ether oxygens (including phenoxy) is 1. The van der Waals surface area contributed by atoms with Crippen molar-refractivity contribution in [2.24, 2.45) is 5.92 Å². The topological polar surface area (TPSA) is 87.9 Å². The molecule has 182 valence electrons. The smallest absolute Gasteiger partial charge is 0.226 e. The first-order valence-corrected chi connectivity index (χ1v) is 12.8. The monoisotopic (exact) mass is 491 g/mol. The molecule has 4 aromatic rings. The summed E-state index contributed by atoms with van der Waals surface area (Å²) in [6.45, 7) is 1.70. The number of thiophene rings is 1. The molecule has 0 unspecified atom stereocenters. The molecule has 0 spiro atoms. The Kier molecular flexibility index (Phi) is 5.57. The van der Waals surface area contributed by atoms with Crippen LogP contribution in [0.5, 0.6) is 5.75 Å². The van der Waals surface area contributed by atoms with Gasteiger partial charge in [0.05, 0.1) is 29.9 Å². The van der Waals surface area contributed by atoms with E-state index in [0.29, 0.717) is 17.7 Å². The van der Waals surface area contributed by atoms with Gasteiger partial charge in [0.2, 0.25) is 5.91 Å². The number of carbonyl (C=O) groups is 1. The highest BCUT2D eigenvalue weighted by atomic mass is 32.1. The Labute approximate surface area is 207 Å². The van der Waals surface area contributed by atoms with Gasteiger partial charge in [0.15, 0.2) is 5.75 Å². The van der Waals surface area contributed by atoms with Crippen molar-refractivity contribution >= 4 is 44.5 Å². The maximum Gasteiger partial charge on any atom is 0.226 e. The van der Waals surface area contributed by atoms with Crippen LogP contribution >= 0.6 is 11.3 Å². The van der Waals surface area contributed by atoms with Crippen LogP contribution in [0.4, 0.5) is 11.5 Å². The second-order valence-electron chi connectivity index (χ2n) is 9.62. The normalized spacial score (nSPS) is 20.1. The molecule has 35 heavy (non-hydrogen) atoms. The quantitative estimate of drug-likeness (QED) is 0.458. The fraction of sp³-hybridized carbons (Fsp3) is 0.440. The first-order valence-electron chi connectivity index (χ1n) is 12.0. The summed E-state index contributed by atoms with van der Waals surface area (Å²) in [5.41, 5.74) is 3.06. The first kappa shape index (κ1) is 22.2. The number of aromatic nitrogens is 4. The van der Waals surface area contributed by atoms with Crippen LogP contribution in [0.25, 0.3) is 15.7 Å². The minimum absolute atomic E-state index is 0.0465. The van der Waals surface area contributed by atoms with Crippen molar-refractivity contribution in [3.63, 3.8) is 0 Å². The molecule has 6 rings (SSSR count). The summed E-state index contributed by atoms with van der Waals surface area (Å²) in [7, 11) is 5.84. The number of hydrogen-bond acceptors (Lipinski definition) is 8. The molecule has 1 amide bonds. The second kappa shape index (κ2) is 8.76. The average molecular weight is 492 g/mol. The zero-order chi connectivity index (χ0) is 24.1. The predicted molar refractivity (Wildman–Crippen MR) is 137 cm³/mol. The molecule has 4 aromatic heterocycles. The molecule has 1 N–H and O–H groups in total. The van der Waals surface area contributed by atoms with Gasteiger partial charge in [-0.05, 0) is 57.5 Å². The Morgan fingerprint density at radius 2 is 2.17 bits per heavy atom. The summed E-state index contributed by atoms with van der Waals surface area (Å²) < 4.78 is 7.39. The Morgan fingerprint density at radius 3 is 2.97 bits per heavy atom. The molecular weight excluding hydrogens is 462 g/mol. The number of fused-ring (bicyclic) bond motifs is 4. The molecule has 1 saturated heterocycles. The van der Waals surface area contributed by atoms with Gasteiger partial charge in [-0.1, -0.05) is 0 Å². The molecule has 1 aliphatic heterocycles. The third-order valence-electron chi connectivity index (χ3n) is 7.37. The van der Waals surface area contributed by atoms with Crippen LogP contribution in [0.15, 0.2) is 30.9 Å². The van der Waals surface area contributed by atoms with Crippen molar-refractivity contribution in [3.8, 4) is 5.75 Å². The van der Waals surface area contributed by atoms with Crippen molar-refractivity contribution in [2.75, 3.05) is 39.6 Å². The minimum atomic E-state index is 0.0465. The van der Waals surface area contributed by atoms with Gasteiger partial charge in [-0.25, -0.2) is 14.5 Å². The van der Waals surface area contributed by atoms with E-state index in [-0.39, 0.29) is 5.92 Å². The molecule has 9 nitrogen and oxygen atoms in total. The van der Waals surface area contributed by atoms with Crippen LogP contribution in [0.2, 0.25) is 0 Å². The number of aryl methyl sites for hydroxylation is 1. The molecule has 1 aliphatic carbocycles. The van der Waals surface area contributed by atoms with E-state index in [9.17, 15) is 4.79 Å². The fourth-order valence-corrected chi connectivity index (χ4v) is 6.64. The Balaban J connectivity index is 1.28. The van der Waals surface area contributed by atoms with E-state index >= 15 is 0 Å². The van der Waals surface area contributed by atoms with E-state index in [4.69, 9.17) is 4.74 Å². The van der Waals surface area contributed by atoms with Crippen LogP contribution in [0.3, 0.4) is 0 Å². The number of hydrogen-bond donors (Lipinski definition) is 1. The number of amides is 1. The van der Waals surface area contributed by atoms with E-state index in [2.05, 4.69) is 44.3 Å². The Morgan fingerprint density at radius 1 is 1.29 bits per heavy atom. The SMILES string of the molecule is COc1cn2nccc2cc1Nc1ncnc2sc3c(c12)CC[C@H](C(=O)N1CC[C@H](N(C)C)C1)C3. The molecule has 5 heterocycles. The van der Waals surface area contributed by atoms with Crippen LogP contribution in [0.1, 0.15) is 23.3 Å². The van der Waals surface area contributed by atoms with Gasteiger partial charge in [0.25, 0.3) is 0 Å². The van der Waals surface area contributed by atoms with Gasteiger partial charge in [-0.15, -0.1) is 11.3 Å². The van der Waals surface area contributed by atoms with E-state index < -0.39 is 0 Å². The van der Waals surface area contributed by atoms with Gasteiger partial charge in [-0.2, -0.15) is 5.10 Å². The maximum absolute atomic E-state index is 13.3. The lowest BCUT2D eigenvalue weighted by atomic mass is 9.87. The lowest BCUT2D eigenvalue weighted by Crippen LogP contribution is -2.39. The summed E-state index contributed by atoms with van der Waals surface area (Å²) in [6, 6.07) is 4.42. The van der Waals surface area contributed by atoms with E-state index in [1.165, 1.54) is 10.4 Å². The number of nitrogens with zero attached hydrogens (tertiary/aromatic N) is 6. The molecule has 0 radical (unpaired) electrons. The molecule has 10 heteroatoms. The molecule has 2 atom stereocenters. The van der Waals surface area contributed by atoms with Gasteiger partial charge >= 0.3 is 0 Å². The molecular formula is C25H29N7O2S. The summed E-state index contributed by atoms with van der Waals surface area (Å²) in [4.78, 5) is 29.0. The number of likely N-dealkylation sites (N-methyl/N-ethyl adjacent to an activating group) is 1. The highest BCUT2D eigenvalue weighted by molar-refractivity contribution is 7.19. The highest BCUT2D eigenvalue weighted by Crippen LogP contribution is 2.41. The van der Waals surface area contributed by atoms with Gasteiger partial charge < -0.3 is 19.9 Å². The zero-order valence-corrected chi connectivity index (χ0v) is 21.0. The fourth-order valence-electron chi connectivity index (χ4n) is 5.37. The standard InChI is InChI=1S/C25H29N7O2S/c1-30(2)17-7-9-31(12-17)25(33)15-4-5-18-21(10-15)35-24-22(18)23(26-14-27-24)29-19-11-16-6-8-28-32(16)13-20(19)34-3/h6,8,11,13-15,17H,4-5,7,9-10,12H2,1-3H3,(H,26,27,29)/t15-,17-/m0/s1. The van der Waals surface area contributed by atoms with Crippen molar-refractivity contribution in [2.45, 2.75) is 31.7 Å². The third-order valence-corrected chi connectivity index (χ3v) is 8.53. The molecule has 0 saturated carbocycles. The van der Waals surface area contributed by atoms with Gasteiger partial charge in [0, 0.05) is 36.1 Å². The van der Waals surface area contributed by atoms with E-state index in [1.54, 1.807) is 35.5 Å². The van der Waals surface area contributed by atoms with Crippen molar-refractivity contribution < 1.29 is 9.53 Å². The summed E-state index contributed by atoms with van der Waals surface area (Å²) in [5, 5.41) is 8.84. The molecule has 1 fully saturated rings. The lowest BCUT2D eigenvalue weighted by molar-refractivity contribution is -0.134. The number of anilines is 2. The average Bonchev–Trinajstić information content (AvgIpc) is 3.60. The second-order valence-corrected chi connectivity index (χ2v) is 10.7. The van der Waals surface area contributed by atoms with Crippen molar-refractivity contribution in [1.82, 2.24) is 29.4 Å². The van der Waals surface area contributed by atoms with Crippen LogP contribution in [-0.2, 0) is 17.6 Å². The predicted octanol–water partition coefficient (Wildman–Crippen LogP) is 3.36. The minimum Gasteiger partial charge on any atom is -0.493 e. The number of pyridine rings is 1. The van der Waals surface area contributed by atoms with Crippen LogP contribution in [-0.4, -0.2) is 75.6 Å². The van der Waals surface area contributed by atoms with Gasteiger partial charge in [-0.3, -0.25) is 4.79 Å². The summed E-state index contributed by atoms with van der Waals surface area (Å²) in [5.74, 6) is 1.81. The Hall–Kier alpha value is -3.24. The van der Waals surface area contributed by atoms with Gasteiger partial charge in [0.1, 0.15) is 17.0 Å². The molecule has 2 aliphatic rings. The highest BCUT2D eigenvalue weighted by Gasteiger charge is 2.35. The van der Waals surface area contributed by atoms with E-state index in [0.717, 1.165) is 66.0 Å². The van der Waals surface area contributed by atoms with Crippen molar-refractivity contribution in [1.29, 1.82) is 0 Å². The first-order chi connectivity index (χ1) is 17.0. The number of methoxy groups -OCH3 is 1. The Bertz CT molecular complexity index is 1410. The van der Waals surface area contributed by atoms with Crippen LogP contribution < -0.4 is 10.1 Å².